The van der Waals surface area contributed by atoms with Gasteiger partial charge in [0.05, 0.1) is 12.8 Å². The lowest BCUT2D eigenvalue weighted by Gasteiger charge is -2.10. The van der Waals surface area contributed by atoms with Crippen LogP contribution in [0.1, 0.15) is 6.92 Å². The zero-order chi connectivity index (χ0) is 14.5. The second-order valence-corrected chi connectivity index (χ2v) is 7.33. The third kappa shape index (κ3) is 4.48. The van der Waals surface area contributed by atoms with E-state index in [0.717, 1.165) is 0 Å². The number of hydrogen-bond donors (Lipinski definition) is 2. The van der Waals surface area contributed by atoms with Crippen molar-refractivity contribution < 1.29 is 17.4 Å². The molecule has 108 valence electrons. The molecule has 6 nitrogen and oxygen atoms in total. The highest BCUT2D eigenvalue weighted by Gasteiger charge is 2.17. The first-order valence-corrected chi connectivity index (χ1v) is 8.66. The van der Waals surface area contributed by atoms with Gasteiger partial charge in [0.1, 0.15) is 10.6 Å². The highest BCUT2D eigenvalue weighted by molar-refractivity contribution is 7.89. The Hall–Kier alpha value is -1.12. The second-order valence-electron chi connectivity index (χ2n) is 3.73. The van der Waals surface area contributed by atoms with Crippen LogP contribution in [0.3, 0.4) is 0 Å². The summed E-state index contributed by atoms with van der Waals surface area (Å²) < 4.78 is 42.5. The molecule has 1 aromatic rings. The molecule has 1 aromatic carbocycles. The Morgan fingerprint density at radius 1 is 1.42 bits per heavy atom. The second kappa shape index (κ2) is 6.88. The number of methoxy groups -OCH3 is 1. The van der Waals surface area contributed by atoms with Gasteiger partial charge in [0.2, 0.25) is 10.0 Å². The predicted molar refractivity (Wildman–Crippen MR) is 76.1 cm³/mol. The van der Waals surface area contributed by atoms with Crippen LogP contribution in [0.2, 0.25) is 0 Å². The largest absolute Gasteiger partial charge is 0.497 e. The van der Waals surface area contributed by atoms with Crippen LogP contribution < -0.4 is 15.2 Å². The van der Waals surface area contributed by atoms with Crippen molar-refractivity contribution in [1.82, 2.24) is 4.72 Å². The molecule has 3 N–H and O–H groups in total. The van der Waals surface area contributed by atoms with Gasteiger partial charge in [-0.05, 0) is 12.1 Å². The maximum Gasteiger partial charge on any atom is 0.242 e. The summed E-state index contributed by atoms with van der Waals surface area (Å²) in [4.78, 5) is -0.00409. The van der Waals surface area contributed by atoms with E-state index in [9.17, 15) is 12.6 Å². The molecule has 0 spiro atoms. The summed E-state index contributed by atoms with van der Waals surface area (Å²) in [6.45, 7) is 1.90. The Bertz CT molecular complexity index is 558. The first-order chi connectivity index (χ1) is 8.90. The number of hydrogen-bond acceptors (Lipinski definition) is 5. The molecule has 19 heavy (non-hydrogen) atoms. The first-order valence-electron chi connectivity index (χ1n) is 5.69. The minimum atomic E-state index is -3.68. The molecule has 0 aliphatic rings. The quantitative estimate of drug-likeness (QED) is 0.707. The van der Waals surface area contributed by atoms with Gasteiger partial charge in [-0.15, -0.1) is 0 Å². The average Bonchev–Trinajstić information content (AvgIpc) is 2.37. The third-order valence-corrected chi connectivity index (χ3v) is 5.29. The van der Waals surface area contributed by atoms with E-state index in [1.807, 2.05) is 0 Å². The molecule has 0 radical (unpaired) electrons. The van der Waals surface area contributed by atoms with Gasteiger partial charge in [-0.25, -0.2) is 13.1 Å². The van der Waals surface area contributed by atoms with E-state index < -0.39 is 20.8 Å². The molecule has 8 heteroatoms. The Morgan fingerprint density at radius 2 is 2.11 bits per heavy atom. The van der Waals surface area contributed by atoms with Gasteiger partial charge >= 0.3 is 0 Å². The van der Waals surface area contributed by atoms with Crippen LogP contribution in [0.4, 0.5) is 5.69 Å². The van der Waals surface area contributed by atoms with Gasteiger partial charge in [0.15, 0.2) is 0 Å². The van der Waals surface area contributed by atoms with E-state index >= 15 is 0 Å². The predicted octanol–water partition coefficient (Wildman–Crippen LogP) is 0.324. The fourth-order valence-corrected chi connectivity index (χ4v) is 3.30. The molecule has 0 heterocycles. The van der Waals surface area contributed by atoms with E-state index in [0.29, 0.717) is 11.5 Å². The lowest BCUT2D eigenvalue weighted by Crippen LogP contribution is -2.28. The normalized spacial score (nSPS) is 13.2. The number of anilines is 1. The molecule has 0 aliphatic heterocycles. The number of ether oxygens (including phenoxy) is 1. The molecule has 0 aliphatic carbocycles. The number of rotatable bonds is 7. The molecule has 0 saturated carbocycles. The summed E-state index contributed by atoms with van der Waals surface area (Å²) in [5, 5.41) is 0. The Labute approximate surface area is 115 Å². The monoisotopic (exact) mass is 306 g/mol. The third-order valence-electron chi connectivity index (χ3n) is 2.45. The van der Waals surface area contributed by atoms with Crippen molar-refractivity contribution in [2.45, 2.75) is 11.8 Å². The van der Waals surface area contributed by atoms with Crippen molar-refractivity contribution in [3.05, 3.63) is 18.2 Å². The number of nitrogens with one attached hydrogen (secondary N) is 1. The van der Waals surface area contributed by atoms with Crippen molar-refractivity contribution in [3.8, 4) is 5.75 Å². The molecule has 1 unspecified atom stereocenters. The van der Waals surface area contributed by atoms with Crippen LogP contribution in [-0.2, 0) is 20.8 Å². The van der Waals surface area contributed by atoms with Crippen LogP contribution >= 0.6 is 0 Å². The summed E-state index contributed by atoms with van der Waals surface area (Å²) in [6.07, 6.45) is 0. The number of sulfonamides is 1. The maximum atomic E-state index is 12.0. The molecule has 0 fully saturated rings. The number of nitrogen functional groups attached to an aromatic ring is 1. The standard InChI is InChI=1S/C11H18N2O4S2/c1-3-18(14)7-6-13-19(15,16)11-5-4-9(17-2)8-10(11)12/h4-5,8,13H,3,6-7,12H2,1-2H3. The molecule has 1 atom stereocenters. The molecule has 0 amide bonds. The van der Waals surface area contributed by atoms with Gasteiger partial charge in [0.25, 0.3) is 0 Å². The molecular formula is C11H18N2O4S2. The van der Waals surface area contributed by atoms with E-state index in [1.54, 1.807) is 6.92 Å². The highest BCUT2D eigenvalue weighted by Crippen LogP contribution is 2.23. The van der Waals surface area contributed by atoms with Crippen molar-refractivity contribution >= 4 is 26.5 Å². The molecular weight excluding hydrogens is 288 g/mol. The Balaban J connectivity index is 2.80. The summed E-state index contributed by atoms with van der Waals surface area (Å²) in [5.41, 5.74) is 5.80. The Kier molecular flexibility index (Phi) is 5.77. The topological polar surface area (TPSA) is 98.5 Å². The molecule has 0 aromatic heterocycles. The smallest absolute Gasteiger partial charge is 0.242 e. The average molecular weight is 306 g/mol. The van der Waals surface area contributed by atoms with Gasteiger partial charge in [-0.1, -0.05) is 6.92 Å². The fourth-order valence-electron chi connectivity index (χ4n) is 1.41. The molecule has 0 bridgehead atoms. The van der Waals surface area contributed by atoms with Gasteiger partial charge in [-0.3, -0.25) is 4.21 Å². The van der Waals surface area contributed by atoms with Crippen LogP contribution in [-0.4, -0.2) is 37.8 Å². The molecule has 1 rings (SSSR count). The zero-order valence-corrected chi connectivity index (χ0v) is 12.5. The number of nitrogens with two attached hydrogens (primary N) is 1. The van der Waals surface area contributed by atoms with E-state index in [4.69, 9.17) is 10.5 Å². The summed E-state index contributed by atoms with van der Waals surface area (Å²) >= 11 is 0. The molecule has 0 saturated heterocycles. The minimum absolute atomic E-state index is 0.00409. The Morgan fingerprint density at radius 3 is 2.63 bits per heavy atom. The van der Waals surface area contributed by atoms with E-state index in [-0.39, 0.29) is 22.9 Å². The SMILES string of the molecule is CCS(=O)CCNS(=O)(=O)c1ccc(OC)cc1N. The lowest BCUT2D eigenvalue weighted by molar-refractivity contribution is 0.414. The van der Waals surface area contributed by atoms with Crippen LogP contribution in [0.5, 0.6) is 5.75 Å². The summed E-state index contributed by atoms with van der Waals surface area (Å²) in [5.74, 6) is 1.28. The van der Waals surface area contributed by atoms with Gasteiger partial charge < -0.3 is 10.5 Å². The van der Waals surface area contributed by atoms with Gasteiger partial charge in [-0.2, -0.15) is 0 Å². The number of benzene rings is 1. The van der Waals surface area contributed by atoms with E-state index in [2.05, 4.69) is 4.72 Å². The van der Waals surface area contributed by atoms with Crippen LogP contribution in [0.25, 0.3) is 0 Å². The fraction of sp³-hybridized carbons (Fsp3) is 0.455. The van der Waals surface area contributed by atoms with Crippen LogP contribution in [0.15, 0.2) is 23.1 Å². The van der Waals surface area contributed by atoms with Crippen molar-refractivity contribution in [1.29, 1.82) is 0 Å². The minimum Gasteiger partial charge on any atom is -0.497 e. The van der Waals surface area contributed by atoms with Crippen molar-refractivity contribution in [2.24, 2.45) is 0 Å². The summed E-state index contributed by atoms with van der Waals surface area (Å²) in [7, 11) is -3.22. The highest BCUT2D eigenvalue weighted by atomic mass is 32.2. The van der Waals surface area contributed by atoms with Crippen molar-refractivity contribution in [2.75, 3.05) is 30.9 Å². The van der Waals surface area contributed by atoms with E-state index in [1.165, 1.54) is 25.3 Å². The maximum absolute atomic E-state index is 12.0. The first kappa shape index (κ1) is 15.9. The summed E-state index contributed by atoms with van der Waals surface area (Å²) in [6, 6.07) is 4.35. The lowest BCUT2D eigenvalue weighted by atomic mass is 10.3. The van der Waals surface area contributed by atoms with Crippen LogP contribution in [0, 0.1) is 0 Å². The zero-order valence-electron chi connectivity index (χ0n) is 10.9. The van der Waals surface area contributed by atoms with Crippen molar-refractivity contribution in [3.63, 3.8) is 0 Å². The van der Waals surface area contributed by atoms with Gasteiger partial charge in [0, 0.05) is 34.9 Å².